The van der Waals surface area contributed by atoms with E-state index in [1.165, 1.54) is 12.4 Å². The van der Waals surface area contributed by atoms with E-state index in [9.17, 15) is 4.79 Å². The molecule has 15 heavy (non-hydrogen) atoms. The fraction of sp³-hybridized carbons (Fsp3) is 0.111. The predicted octanol–water partition coefficient (Wildman–Crippen LogP) is 0.130. The summed E-state index contributed by atoms with van der Waals surface area (Å²) < 4.78 is 0. The molecule has 0 atom stereocenters. The van der Waals surface area contributed by atoms with Crippen molar-refractivity contribution in [2.45, 2.75) is 6.54 Å². The number of rotatable bonds is 3. The van der Waals surface area contributed by atoms with Crippen LogP contribution < -0.4 is 5.32 Å². The summed E-state index contributed by atoms with van der Waals surface area (Å²) in [7, 11) is 0. The third-order valence-electron chi connectivity index (χ3n) is 1.84. The molecule has 76 valence electrons. The molecule has 0 aliphatic carbocycles. The Kier molecular flexibility index (Phi) is 2.68. The van der Waals surface area contributed by atoms with Crippen molar-refractivity contribution in [1.29, 1.82) is 0 Å². The van der Waals surface area contributed by atoms with E-state index in [0.29, 0.717) is 12.1 Å². The van der Waals surface area contributed by atoms with E-state index in [1.54, 1.807) is 18.6 Å². The van der Waals surface area contributed by atoms with Gasteiger partial charge >= 0.3 is 0 Å². The van der Waals surface area contributed by atoms with Crippen molar-refractivity contribution in [2.24, 2.45) is 0 Å². The summed E-state index contributed by atoms with van der Waals surface area (Å²) in [5.74, 6) is -0.181. The van der Waals surface area contributed by atoms with Gasteiger partial charge < -0.3 is 10.3 Å². The van der Waals surface area contributed by atoms with Crippen LogP contribution >= 0.6 is 0 Å². The first-order valence-corrected chi connectivity index (χ1v) is 4.38. The summed E-state index contributed by atoms with van der Waals surface area (Å²) in [5, 5.41) is 9.93. The number of nitrogens with zero attached hydrogens (tertiary/aromatic N) is 3. The Balaban J connectivity index is 1.94. The lowest BCUT2D eigenvalue weighted by Crippen LogP contribution is -2.23. The van der Waals surface area contributed by atoms with Gasteiger partial charge in [-0.3, -0.25) is 4.79 Å². The molecule has 2 aromatic heterocycles. The molecule has 2 heterocycles. The maximum absolute atomic E-state index is 11.5. The maximum Gasteiger partial charge on any atom is 0.253 e. The lowest BCUT2D eigenvalue weighted by atomic mass is 10.3. The largest absolute Gasteiger partial charge is 0.347 e. The van der Waals surface area contributed by atoms with Gasteiger partial charge in [-0.15, -0.1) is 0 Å². The molecule has 2 N–H and O–H groups in total. The maximum atomic E-state index is 11.5. The quantitative estimate of drug-likeness (QED) is 0.742. The average Bonchev–Trinajstić information content (AvgIpc) is 2.80. The summed E-state index contributed by atoms with van der Waals surface area (Å²) in [5.41, 5.74) is 1.34. The van der Waals surface area contributed by atoms with Crippen LogP contribution in [-0.4, -0.2) is 26.1 Å². The average molecular weight is 203 g/mol. The number of H-pyrrole nitrogens is 1. The summed E-state index contributed by atoms with van der Waals surface area (Å²) in [6.45, 7) is 0.418. The number of hydrogen-bond acceptors (Lipinski definition) is 4. The Bertz CT molecular complexity index is 425. The smallest absolute Gasteiger partial charge is 0.253 e. The van der Waals surface area contributed by atoms with Crippen molar-refractivity contribution in [3.8, 4) is 0 Å². The lowest BCUT2D eigenvalue weighted by molar-refractivity contribution is 0.0950. The lowest BCUT2D eigenvalue weighted by Gasteiger charge is -2.01. The first-order valence-electron chi connectivity index (χ1n) is 4.38. The Labute approximate surface area is 85.8 Å². The van der Waals surface area contributed by atoms with Gasteiger partial charge in [0.1, 0.15) is 0 Å². The monoisotopic (exact) mass is 203 g/mol. The van der Waals surface area contributed by atoms with E-state index in [2.05, 4.69) is 25.5 Å². The molecular formula is C9H9N5O. The van der Waals surface area contributed by atoms with Crippen LogP contribution in [0.25, 0.3) is 0 Å². The zero-order chi connectivity index (χ0) is 10.5. The molecule has 0 bridgehead atoms. The Hall–Kier alpha value is -2.24. The van der Waals surface area contributed by atoms with Crippen molar-refractivity contribution in [3.63, 3.8) is 0 Å². The van der Waals surface area contributed by atoms with Crippen LogP contribution in [0.3, 0.4) is 0 Å². The molecule has 0 unspecified atom stereocenters. The molecule has 2 rings (SSSR count). The first kappa shape index (κ1) is 9.32. The van der Waals surface area contributed by atoms with E-state index in [1.807, 2.05) is 0 Å². The molecular weight excluding hydrogens is 194 g/mol. The number of hydrogen-bond donors (Lipinski definition) is 2. The van der Waals surface area contributed by atoms with E-state index in [0.717, 1.165) is 5.69 Å². The predicted molar refractivity (Wildman–Crippen MR) is 51.8 cm³/mol. The van der Waals surface area contributed by atoms with Crippen molar-refractivity contribution >= 4 is 5.91 Å². The molecule has 6 nitrogen and oxygen atoms in total. The Morgan fingerprint density at radius 3 is 3.00 bits per heavy atom. The van der Waals surface area contributed by atoms with Crippen LogP contribution in [0.4, 0.5) is 0 Å². The molecule has 0 aliphatic heterocycles. The molecule has 1 amide bonds. The second-order valence-electron chi connectivity index (χ2n) is 2.89. The van der Waals surface area contributed by atoms with Gasteiger partial charge in [-0.1, -0.05) is 0 Å². The second kappa shape index (κ2) is 4.32. The summed E-state index contributed by atoms with van der Waals surface area (Å²) >= 11 is 0. The highest BCUT2D eigenvalue weighted by Crippen LogP contribution is 1.95. The van der Waals surface area contributed by atoms with Gasteiger partial charge in [-0.05, 0) is 6.07 Å². The van der Waals surface area contributed by atoms with Gasteiger partial charge in [0.2, 0.25) is 0 Å². The fourth-order valence-corrected chi connectivity index (χ4v) is 1.08. The molecule has 0 spiro atoms. The van der Waals surface area contributed by atoms with Crippen LogP contribution in [-0.2, 0) is 6.54 Å². The number of aromatic nitrogens is 4. The van der Waals surface area contributed by atoms with E-state index < -0.39 is 0 Å². The third-order valence-corrected chi connectivity index (χ3v) is 1.84. The third kappa shape index (κ3) is 2.37. The summed E-state index contributed by atoms with van der Waals surface area (Å²) in [6, 6.07) is 1.61. The topological polar surface area (TPSA) is 83.6 Å². The van der Waals surface area contributed by atoms with Gasteiger partial charge in [-0.2, -0.15) is 10.2 Å². The zero-order valence-electron chi connectivity index (χ0n) is 7.84. The number of aromatic amines is 1. The molecule has 0 fully saturated rings. The molecule has 0 saturated heterocycles. The van der Waals surface area contributed by atoms with Crippen molar-refractivity contribution in [2.75, 3.05) is 0 Å². The van der Waals surface area contributed by atoms with Crippen molar-refractivity contribution in [3.05, 3.63) is 42.2 Å². The van der Waals surface area contributed by atoms with Gasteiger partial charge in [0, 0.05) is 6.20 Å². The van der Waals surface area contributed by atoms with Crippen LogP contribution in [0.2, 0.25) is 0 Å². The van der Waals surface area contributed by atoms with Gasteiger partial charge in [0.25, 0.3) is 5.91 Å². The molecule has 0 radical (unpaired) electrons. The fourth-order valence-electron chi connectivity index (χ4n) is 1.08. The highest BCUT2D eigenvalue weighted by Gasteiger charge is 2.04. The Morgan fingerprint density at radius 2 is 2.33 bits per heavy atom. The number of imidazole rings is 1. The van der Waals surface area contributed by atoms with Gasteiger partial charge in [-0.25, -0.2) is 4.98 Å². The second-order valence-corrected chi connectivity index (χ2v) is 2.89. The minimum absolute atomic E-state index is 0.181. The molecule has 0 aliphatic rings. The highest BCUT2D eigenvalue weighted by molar-refractivity contribution is 5.93. The van der Waals surface area contributed by atoms with Crippen molar-refractivity contribution in [1.82, 2.24) is 25.5 Å². The number of amides is 1. The summed E-state index contributed by atoms with van der Waals surface area (Å²) in [6.07, 6.45) is 6.12. The Morgan fingerprint density at radius 1 is 1.40 bits per heavy atom. The SMILES string of the molecule is O=C(NCc1cnc[nH]1)c1ccnnc1. The minimum atomic E-state index is -0.181. The van der Waals surface area contributed by atoms with Gasteiger partial charge in [0.05, 0.1) is 36.5 Å². The van der Waals surface area contributed by atoms with Crippen LogP contribution in [0.5, 0.6) is 0 Å². The highest BCUT2D eigenvalue weighted by atomic mass is 16.1. The number of carbonyl (C=O) groups is 1. The molecule has 6 heteroatoms. The molecule has 0 saturated carbocycles. The standard InChI is InChI=1S/C9H9N5O/c15-9(7-1-2-13-14-3-7)11-5-8-4-10-6-12-8/h1-4,6H,5H2,(H,10,12)(H,11,15). The van der Waals surface area contributed by atoms with Crippen molar-refractivity contribution < 1.29 is 4.79 Å². The van der Waals surface area contributed by atoms with Crippen LogP contribution in [0.15, 0.2) is 31.0 Å². The number of nitrogens with one attached hydrogen (secondary N) is 2. The number of carbonyl (C=O) groups excluding carboxylic acids is 1. The normalized spacial score (nSPS) is 9.87. The van der Waals surface area contributed by atoms with E-state index in [4.69, 9.17) is 0 Å². The first-order chi connectivity index (χ1) is 7.36. The van der Waals surface area contributed by atoms with E-state index >= 15 is 0 Å². The summed E-state index contributed by atoms with van der Waals surface area (Å²) in [4.78, 5) is 18.3. The zero-order valence-corrected chi connectivity index (χ0v) is 7.84. The molecule has 2 aromatic rings. The minimum Gasteiger partial charge on any atom is -0.347 e. The van der Waals surface area contributed by atoms with Crippen LogP contribution in [0.1, 0.15) is 16.1 Å². The van der Waals surface area contributed by atoms with Gasteiger partial charge in [0.15, 0.2) is 0 Å². The van der Waals surface area contributed by atoms with E-state index in [-0.39, 0.29) is 5.91 Å². The molecule has 0 aromatic carbocycles. The van der Waals surface area contributed by atoms with Crippen LogP contribution in [0, 0.1) is 0 Å².